The summed E-state index contributed by atoms with van der Waals surface area (Å²) in [6, 6.07) is 78.2. The molecule has 1 aliphatic carbocycles. The van der Waals surface area contributed by atoms with E-state index in [-0.39, 0.29) is 5.41 Å². The summed E-state index contributed by atoms with van der Waals surface area (Å²) in [5.41, 5.74) is 17.2. The molecule has 1 aliphatic rings. The lowest BCUT2D eigenvalue weighted by Crippen LogP contribution is -2.17. The highest BCUT2D eigenvalue weighted by molar-refractivity contribution is 7.25. The number of para-hydroxylation sites is 1. The molecule has 10 aromatic carbocycles. The van der Waals surface area contributed by atoms with Crippen molar-refractivity contribution in [2.24, 2.45) is 0 Å². The number of fused-ring (bicyclic) bond motifs is 10. The van der Waals surface area contributed by atoms with E-state index in [1.807, 2.05) is 17.4 Å². The first kappa shape index (κ1) is 36.9. The van der Waals surface area contributed by atoms with Crippen molar-refractivity contribution in [3.63, 3.8) is 0 Å². The Morgan fingerprint density at radius 1 is 0.406 bits per heavy atom. The summed E-state index contributed by atoms with van der Waals surface area (Å²) < 4.78 is 9.22. The van der Waals surface area contributed by atoms with Crippen molar-refractivity contribution in [1.82, 2.24) is 0 Å². The fraction of sp³-hybridized carbons (Fsp3) is 0.0492. The topological polar surface area (TPSA) is 16.4 Å². The van der Waals surface area contributed by atoms with Gasteiger partial charge in [-0.3, -0.25) is 0 Å². The summed E-state index contributed by atoms with van der Waals surface area (Å²) in [7, 11) is 0. The molecule has 2 aromatic heterocycles. The number of hydrogen-bond donors (Lipinski definition) is 0. The second-order valence-electron chi connectivity index (χ2n) is 17.6. The zero-order valence-electron chi connectivity index (χ0n) is 35.5. The van der Waals surface area contributed by atoms with Gasteiger partial charge in [0.1, 0.15) is 11.2 Å². The number of rotatable bonds is 6. The van der Waals surface area contributed by atoms with Crippen LogP contribution in [0.15, 0.2) is 217 Å². The molecule has 12 aromatic rings. The Kier molecular flexibility index (Phi) is 8.16. The number of benzene rings is 10. The predicted molar refractivity (Wildman–Crippen MR) is 273 cm³/mol. The first-order chi connectivity index (χ1) is 31.5. The molecule has 2 heterocycles. The van der Waals surface area contributed by atoms with Crippen LogP contribution in [0.1, 0.15) is 25.0 Å². The standard InChI is InChI=1S/C61H41NOS/c1-61(2)52-25-11-8-20-44(52)45-33-31-41(37-53(45)61)62(42-34-39-18-6-7-19-43(39)51(36-42)38-16-4-3-5-17-38)54-26-14-23-48(49-24-15-29-58-60(49)50-22-10-13-28-57(50)64-58)59(54)40-30-32-47-46-21-9-12-27-55(46)63-56(47)35-40/h3-37H,1-2H3. The van der Waals surface area contributed by atoms with E-state index in [1.54, 1.807) is 0 Å². The van der Waals surface area contributed by atoms with Crippen LogP contribution in [0.5, 0.6) is 0 Å². The number of thiophene rings is 1. The molecule has 0 aliphatic heterocycles. The largest absolute Gasteiger partial charge is 0.456 e. The Bertz CT molecular complexity index is 3830. The number of hydrogen-bond acceptors (Lipinski definition) is 3. The fourth-order valence-electron chi connectivity index (χ4n) is 10.7. The smallest absolute Gasteiger partial charge is 0.136 e. The van der Waals surface area contributed by atoms with Gasteiger partial charge in [0.25, 0.3) is 0 Å². The molecular formula is C61H41NOS. The van der Waals surface area contributed by atoms with Crippen LogP contribution in [0.3, 0.4) is 0 Å². The van der Waals surface area contributed by atoms with Crippen LogP contribution in [0, 0.1) is 0 Å². The average Bonchev–Trinajstić information content (AvgIpc) is 3.99. The molecule has 0 fully saturated rings. The van der Waals surface area contributed by atoms with Gasteiger partial charge in [0, 0.05) is 53.3 Å². The highest BCUT2D eigenvalue weighted by Gasteiger charge is 2.36. The van der Waals surface area contributed by atoms with Crippen LogP contribution in [-0.2, 0) is 5.41 Å². The van der Waals surface area contributed by atoms with Gasteiger partial charge in [-0.1, -0.05) is 166 Å². The van der Waals surface area contributed by atoms with Gasteiger partial charge in [0.2, 0.25) is 0 Å². The Labute approximate surface area is 375 Å². The van der Waals surface area contributed by atoms with Crippen molar-refractivity contribution >= 4 is 81.3 Å². The molecule has 0 saturated heterocycles. The van der Waals surface area contributed by atoms with Crippen molar-refractivity contribution in [3.8, 4) is 44.5 Å². The minimum Gasteiger partial charge on any atom is -0.456 e. The molecule has 0 radical (unpaired) electrons. The molecule has 64 heavy (non-hydrogen) atoms. The summed E-state index contributed by atoms with van der Waals surface area (Å²) in [5.74, 6) is 0. The average molecular weight is 836 g/mol. The van der Waals surface area contributed by atoms with Crippen LogP contribution >= 0.6 is 11.3 Å². The van der Waals surface area contributed by atoms with E-state index in [9.17, 15) is 0 Å². The quantitative estimate of drug-likeness (QED) is 0.166. The predicted octanol–water partition coefficient (Wildman–Crippen LogP) is 17.9. The third-order valence-corrected chi connectivity index (χ3v) is 14.8. The lowest BCUT2D eigenvalue weighted by molar-refractivity contribution is 0.660. The molecule has 3 heteroatoms. The molecule has 302 valence electrons. The summed E-state index contributed by atoms with van der Waals surface area (Å²) in [5, 5.41) is 7.22. The van der Waals surface area contributed by atoms with E-state index in [0.717, 1.165) is 50.1 Å². The van der Waals surface area contributed by atoms with Gasteiger partial charge in [-0.2, -0.15) is 0 Å². The van der Waals surface area contributed by atoms with E-state index in [2.05, 4.69) is 225 Å². The summed E-state index contributed by atoms with van der Waals surface area (Å²) in [4.78, 5) is 2.52. The Hall–Kier alpha value is -7.72. The van der Waals surface area contributed by atoms with Crippen molar-refractivity contribution in [1.29, 1.82) is 0 Å². The van der Waals surface area contributed by atoms with Crippen LogP contribution in [0.2, 0.25) is 0 Å². The van der Waals surface area contributed by atoms with Crippen molar-refractivity contribution in [2.45, 2.75) is 19.3 Å². The molecule has 2 nitrogen and oxygen atoms in total. The maximum atomic E-state index is 6.65. The van der Waals surface area contributed by atoms with Gasteiger partial charge in [0.05, 0.1) is 5.69 Å². The van der Waals surface area contributed by atoms with Crippen molar-refractivity contribution in [2.75, 3.05) is 4.90 Å². The van der Waals surface area contributed by atoms with Crippen LogP contribution < -0.4 is 4.90 Å². The minimum atomic E-state index is -0.182. The normalized spacial score (nSPS) is 13.0. The van der Waals surface area contributed by atoms with E-state index in [1.165, 1.54) is 75.5 Å². The van der Waals surface area contributed by atoms with Gasteiger partial charge in [-0.15, -0.1) is 11.3 Å². The highest BCUT2D eigenvalue weighted by atomic mass is 32.1. The molecular weight excluding hydrogens is 795 g/mol. The van der Waals surface area contributed by atoms with Crippen molar-refractivity contribution in [3.05, 3.63) is 223 Å². The second kappa shape index (κ2) is 14.2. The summed E-state index contributed by atoms with van der Waals surface area (Å²) in [6.45, 7) is 4.74. The minimum absolute atomic E-state index is 0.182. The van der Waals surface area contributed by atoms with E-state index in [0.29, 0.717) is 0 Å². The fourth-order valence-corrected chi connectivity index (χ4v) is 11.8. The van der Waals surface area contributed by atoms with Crippen LogP contribution in [0.25, 0.3) is 97.4 Å². The van der Waals surface area contributed by atoms with E-state index in [4.69, 9.17) is 4.42 Å². The van der Waals surface area contributed by atoms with Gasteiger partial charge >= 0.3 is 0 Å². The third-order valence-electron chi connectivity index (χ3n) is 13.7. The molecule has 13 rings (SSSR count). The number of anilines is 3. The Morgan fingerprint density at radius 3 is 2.00 bits per heavy atom. The monoisotopic (exact) mass is 835 g/mol. The van der Waals surface area contributed by atoms with E-state index < -0.39 is 0 Å². The maximum absolute atomic E-state index is 6.65. The molecule has 0 unspecified atom stereocenters. The van der Waals surface area contributed by atoms with E-state index >= 15 is 0 Å². The van der Waals surface area contributed by atoms with Gasteiger partial charge < -0.3 is 9.32 Å². The molecule has 0 bridgehead atoms. The second-order valence-corrected chi connectivity index (χ2v) is 18.7. The summed E-state index contributed by atoms with van der Waals surface area (Å²) >= 11 is 1.86. The molecule has 0 spiro atoms. The molecule has 0 saturated carbocycles. The summed E-state index contributed by atoms with van der Waals surface area (Å²) in [6.07, 6.45) is 0. The third kappa shape index (κ3) is 5.57. The first-order valence-electron chi connectivity index (χ1n) is 22.1. The van der Waals surface area contributed by atoms with Gasteiger partial charge in [-0.05, 0) is 122 Å². The highest BCUT2D eigenvalue weighted by Crippen LogP contribution is 2.54. The Morgan fingerprint density at radius 2 is 1.09 bits per heavy atom. The van der Waals surface area contributed by atoms with Crippen LogP contribution in [0.4, 0.5) is 17.1 Å². The lowest BCUT2D eigenvalue weighted by Gasteiger charge is -2.31. The zero-order chi connectivity index (χ0) is 42.5. The van der Waals surface area contributed by atoms with Gasteiger partial charge in [-0.25, -0.2) is 0 Å². The Balaban J connectivity index is 1.15. The maximum Gasteiger partial charge on any atom is 0.136 e. The van der Waals surface area contributed by atoms with Gasteiger partial charge in [0.15, 0.2) is 0 Å². The number of nitrogens with zero attached hydrogens (tertiary/aromatic N) is 1. The van der Waals surface area contributed by atoms with Crippen LogP contribution in [-0.4, -0.2) is 0 Å². The molecule has 0 amide bonds. The lowest BCUT2D eigenvalue weighted by atomic mass is 9.82. The number of furan rings is 1. The SMILES string of the molecule is CC1(C)c2ccccc2-c2ccc(N(c3cc(-c4ccccc4)c4ccccc4c3)c3cccc(-c4cccc5sc6ccccc6c45)c3-c3ccc4c(c3)oc3ccccc34)cc21. The molecule has 0 atom stereocenters. The zero-order valence-corrected chi connectivity index (χ0v) is 36.3. The molecule has 0 N–H and O–H groups in total. The first-order valence-corrected chi connectivity index (χ1v) is 22.9. The van der Waals surface area contributed by atoms with Crippen molar-refractivity contribution < 1.29 is 4.42 Å².